The summed E-state index contributed by atoms with van der Waals surface area (Å²) >= 11 is 0. The molecule has 3 heterocycles. The van der Waals surface area contributed by atoms with Gasteiger partial charge in [-0.1, -0.05) is 43.3 Å². The second kappa shape index (κ2) is 7.24. The lowest BCUT2D eigenvalue weighted by atomic mass is 9.66. The Morgan fingerprint density at radius 2 is 1.97 bits per heavy atom. The number of nitrogens with zero attached hydrogens (tertiary/aromatic N) is 1. The summed E-state index contributed by atoms with van der Waals surface area (Å²) in [4.78, 5) is 18.7. The third kappa shape index (κ3) is 3.12. The molecule has 0 radical (unpaired) electrons. The van der Waals surface area contributed by atoms with Crippen LogP contribution in [-0.4, -0.2) is 38.6 Å². The quantitative estimate of drug-likeness (QED) is 0.643. The third-order valence-electron chi connectivity index (χ3n) is 7.03. The molecule has 2 aliphatic heterocycles. The van der Waals surface area contributed by atoms with Gasteiger partial charge in [-0.05, 0) is 48.9 Å². The van der Waals surface area contributed by atoms with E-state index >= 15 is 0 Å². The first-order valence-corrected chi connectivity index (χ1v) is 10.8. The Bertz CT molecular complexity index is 1070. The fourth-order valence-corrected chi connectivity index (χ4v) is 5.58. The number of fused-ring (bicyclic) bond motifs is 3. The SMILES string of the molecule is CCC1CC2(O)CC(C2)N1C(=O)CC(c1ccccc1)c1c[nH]c2cccc(F)c12. The lowest BCUT2D eigenvalue weighted by molar-refractivity contribution is -0.178. The average molecular weight is 407 g/mol. The number of rotatable bonds is 5. The van der Waals surface area contributed by atoms with Gasteiger partial charge in [0.1, 0.15) is 5.82 Å². The van der Waals surface area contributed by atoms with Crippen LogP contribution in [0.25, 0.3) is 10.9 Å². The lowest BCUT2D eigenvalue weighted by Gasteiger charge is -2.58. The molecule has 2 bridgehead atoms. The molecular formula is C25H27FN2O2. The van der Waals surface area contributed by atoms with Crippen molar-refractivity contribution in [3.8, 4) is 0 Å². The van der Waals surface area contributed by atoms with Crippen LogP contribution >= 0.6 is 0 Å². The highest BCUT2D eigenvalue weighted by molar-refractivity contribution is 5.86. The van der Waals surface area contributed by atoms with Crippen LogP contribution in [0.3, 0.4) is 0 Å². The first kappa shape index (κ1) is 19.3. The highest BCUT2D eigenvalue weighted by Gasteiger charge is 2.54. The Balaban J connectivity index is 1.51. The molecule has 2 aromatic carbocycles. The first-order chi connectivity index (χ1) is 14.5. The van der Waals surface area contributed by atoms with E-state index in [1.165, 1.54) is 6.07 Å². The Kier molecular flexibility index (Phi) is 4.66. The van der Waals surface area contributed by atoms with Crippen LogP contribution in [0.1, 0.15) is 56.1 Å². The monoisotopic (exact) mass is 406 g/mol. The maximum absolute atomic E-state index is 14.7. The maximum Gasteiger partial charge on any atom is 0.224 e. The summed E-state index contributed by atoms with van der Waals surface area (Å²) in [5.41, 5.74) is 1.98. The molecular weight excluding hydrogens is 379 g/mol. The minimum atomic E-state index is -0.582. The van der Waals surface area contributed by atoms with Gasteiger partial charge in [-0.3, -0.25) is 4.79 Å². The number of carbonyl (C=O) groups is 1. The van der Waals surface area contributed by atoms with Gasteiger partial charge in [0, 0.05) is 41.5 Å². The molecule has 30 heavy (non-hydrogen) atoms. The number of benzene rings is 2. The minimum Gasteiger partial charge on any atom is -0.390 e. The van der Waals surface area contributed by atoms with Gasteiger partial charge in [0.15, 0.2) is 0 Å². The third-order valence-corrected chi connectivity index (χ3v) is 7.03. The summed E-state index contributed by atoms with van der Waals surface area (Å²) in [7, 11) is 0. The summed E-state index contributed by atoms with van der Waals surface area (Å²) in [6, 6.07) is 15.1. The van der Waals surface area contributed by atoms with E-state index in [0.717, 1.165) is 23.1 Å². The number of piperidine rings is 2. The number of hydrogen-bond donors (Lipinski definition) is 2. The molecule has 2 N–H and O–H groups in total. The van der Waals surface area contributed by atoms with Gasteiger partial charge in [-0.15, -0.1) is 0 Å². The van der Waals surface area contributed by atoms with E-state index in [1.54, 1.807) is 6.07 Å². The number of amides is 1. The largest absolute Gasteiger partial charge is 0.390 e. The van der Waals surface area contributed by atoms with Crippen molar-refractivity contribution in [3.05, 3.63) is 71.7 Å². The summed E-state index contributed by atoms with van der Waals surface area (Å²) in [5.74, 6) is -0.415. The van der Waals surface area contributed by atoms with Crippen molar-refractivity contribution in [3.63, 3.8) is 0 Å². The Labute approximate surface area is 175 Å². The second-order valence-corrected chi connectivity index (χ2v) is 8.93. The van der Waals surface area contributed by atoms with Crippen LogP contribution in [0.15, 0.2) is 54.7 Å². The zero-order valence-electron chi connectivity index (χ0n) is 17.1. The van der Waals surface area contributed by atoms with Crippen molar-refractivity contribution in [1.82, 2.24) is 9.88 Å². The molecule has 5 heteroatoms. The summed E-state index contributed by atoms with van der Waals surface area (Å²) < 4.78 is 14.7. The molecule has 2 atom stereocenters. The predicted octanol–water partition coefficient (Wildman–Crippen LogP) is 4.73. The molecule has 3 aromatic rings. The molecule has 4 nitrogen and oxygen atoms in total. The van der Waals surface area contributed by atoms with Crippen molar-refractivity contribution in [2.45, 2.75) is 62.6 Å². The molecule has 2 unspecified atom stereocenters. The molecule has 0 spiro atoms. The average Bonchev–Trinajstić information content (AvgIpc) is 3.16. The Hall–Kier alpha value is -2.66. The number of aliphatic hydroxyl groups is 1. The molecule has 6 rings (SSSR count). The number of H-pyrrole nitrogens is 1. The maximum atomic E-state index is 14.7. The van der Waals surface area contributed by atoms with Gasteiger partial charge in [-0.2, -0.15) is 0 Å². The van der Waals surface area contributed by atoms with Gasteiger partial charge in [-0.25, -0.2) is 4.39 Å². The van der Waals surface area contributed by atoms with Crippen LogP contribution in [0.5, 0.6) is 0 Å². The molecule has 156 valence electrons. The van der Waals surface area contributed by atoms with E-state index in [4.69, 9.17) is 0 Å². The zero-order chi connectivity index (χ0) is 20.9. The first-order valence-electron chi connectivity index (χ1n) is 10.8. The van der Waals surface area contributed by atoms with E-state index in [1.807, 2.05) is 47.5 Å². The molecule has 1 amide bonds. The van der Waals surface area contributed by atoms with Gasteiger partial charge in [0.25, 0.3) is 0 Å². The summed E-state index contributed by atoms with van der Waals surface area (Å²) in [6.07, 6.45) is 4.97. The minimum absolute atomic E-state index is 0.0751. The number of halogens is 1. The van der Waals surface area contributed by atoms with Crippen molar-refractivity contribution in [1.29, 1.82) is 0 Å². The summed E-state index contributed by atoms with van der Waals surface area (Å²) in [6.45, 7) is 2.07. The van der Waals surface area contributed by atoms with Gasteiger partial charge in [0.05, 0.1) is 5.60 Å². The molecule has 3 aliphatic rings. The number of carbonyl (C=O) groups excluding carboxylic acids is 1. The van der Waals surface area contributed by atoms with Crippen LogP contribution in [0, 0.1) is 5.82 Å². The van der Waals surface area contributed by atoms with E-state index in [9.17, 15) is 14.3 Å². The van der Waals surface area contributed by atoms with E-state index in [2.05, 4.69) is 11.9 Å². The fraction of sp³-hybridized carbons (Fsp3) is 0.400. The van der Waals surface area contributed by atoms with Gasteiger partial charge in [0.2, 0.25) is 5.91 Å². The number of hydrogen-bond acceptors (Lipinski definition) is 2. The van der Waals surface area contributed by atoms with Crippen LogP contribution in [-0.2, 0) is 4.79 Å². The topological polar surface area (TPSA) is 56.3 Å². The molecule has 1 saturated carbocycles. The number of aromatic nitrogens is 1. The standard InChI is InChI=1S/C25H27FN2O2/c1-2-17-12-25(30)13-18(14-25)28(17)23(29)11-19(16-7-4-3-5-8-16)20-15-27-22-10-6-9-21(26)24(20)22/h3-10,15,17-19,27,30H,2,11-14H2,1H3. The van der Waals surface area contributed by atoms with Crippen LogP contribution < -0.4 is 0 Å². The van der Waals surface area contributed by atoms with Crippen molar-refractivity contribution in [2.24, 2.45) is 0 Å². The highest BCUT2D eigenvalue weighted by atomic mass is 19.1. The lowest BCUT2D eigenvalue weighted by Crippen LogP contribution is -2.67. The Morgan fingerprint density at radius 3 is 2.70 bits per heavy atom. The van der Waals surface area contributed by atoms with Crippen molar-refractivity contribution >= 4 is 16.8 Å². The van der Waals surface area contributed by atoms with Gasteiger partial charge < -0.3 is 15.0 Å². The zero-order valence-corrected chi connectivity index (χ0v) is 17.1. The highest BCUT2D eigenvalue weighted by Crippen LogP contribution is 2.47. The van der Waals surface area contributed by atoms with Crippen LogP contribution in [0.2, 0.25) is 0 Å². The number of aromatic amines is 1. The number of nitrogens with one attached hydrogen (secondary N) is 1. The van der Waals surface area contributed by atoms with Crippen molar-refractivity contribution in [2.75, 3.05) is 0 Å². The molecule has 1 aromatic heterocycles. The van der Waals surface area contributed by atoms with E-state index in [-0.39, 0.29) is 36.1 Å². The smallest absolute Gasteiger partial charge is 0.224 e. The van der Waals surface area contributed by atoms with Crippen LogP contribution in [0.4, 0.5) is 4.39 Å². The predicted molar refractivity (Wildman–Crippen MR) is 115 cm³/mol. The van der Waals surface area contributed by atoms with E-state index in [0.29, 0.717) is 24.6 Å². The van der Waals surface area contributed by atoms with E-state index < -0.39 is 5.60 Å². The molecule has 2 saturated heterocycles. The fourth-order valence-electron chi connectivity index (χ4n) is 5.58. The second-order valence-electron chi connectivity index (χ2n) is 8.93. The molecule has 1 aliphatic carbocycles. The Morgan fingerprint density at radius 1 is 1.20 bits per heavy atom. The van der Waals surface area contributed by atoms with Gasteiger partial charge >= 0.3 is 0 Å². The normalized spacial score (nSPS) is 26.4. The van der Waals surface area contributed by atoms with Crippen molar-refractivity contribution < 1.29 is 14.3 Å². The molecule has 3 fully saturated rings. The summed E-state index contributed by atoms with van der Waals surface area (Å²) in [5, 5.41) is 11.1.